The molecule has 1 heterocycles. The van der Waals surface area contributed by atoms with E-state index < -0.39 is 12.0 Å². The van der Waals surface area contributed by atoms with Crippen LogP contribution in [0.25, 0.3) is 0 Å². The zero-order chi connectivity index (χ0) is 31.9. The van der Waals surface area contributed by atoms with Crippen molar-refractivity contribution in [2.75, 3.05) is 19.7 Å². The molecule has 0 radical (unpaired) electrons. The lowest BCUT2D eigenvalue weighted by molar-refractivity contribution is -0.697. The summed E-state index contributed by atoms with van der Waals surface area (Å²) in [5.74, 6) is -0.301. The monoisotopic (exact) mass is 696 g/mol. The maximum absolute atomic E-state index is 12.4. The Morgan fingerprint density at radius 2 is 1.18 bits per heavy atom. The van der Waals surface area contributed by atoms with Crippen LogP contribution >= 0.6 is 0 Å². The van der Waals surface area contributed by atoms with Crippen molar-refractivity contribution in [2.45, 2.75) is 161 Å². The van der Waals surface area contributed by atoms with Crippen LogP contribution in [0.5, 0.6) is 0 Å². The highest BCUT2D eigenvalue weighted by Crippen LogP contribution is 2.11. The largest absolute Gasteiger partial charge is 1.00 e. The smallest absolute Gasteiger partial charge is 0.328 e. The number of aromatic nitrogens is 1. The van der Waals surface area contributed by atoms with Gasteiger partial charge in [0.15, 0.2) is 12.4 Å². The molecule has 1 rings (SSSR count). The molecular weight excluding hydrogens is 632 g/mol. The molecule has 1 aromatic heterocycles. The fraction of sp³-hybridized carbons (Fsp3) is 0.778. The third kappa shape index (κ3) is 26.7. The number of unbranched alkanes of at least 4 members (excludes halogenated alkanes) is 16. The van der Waals surface area contributed by atoms with Gasteiger partial charge in [0, 0.05) is 38.1 Å². The summed E-state index contributed by atoms with van der Waals surface area (Å²) in [6.07, 6.45) is 27.4. The molecule has 0 unspecified atom stereocenters. The number of ether oxygens (including phenoxy) is 1. The van der Waals surface area contributed by atoms with Gasteiger partial charge in [0.25, 0.3) is 0 Å². The number of nitrogens with zero attached hydrogens (tertiary/aromatic N) is 1. The standard InChI is InChI=1S/C36H64N4O4.BrH/c1-3-5-6-7-8-9-12-15-19-27-34(41)37-28-22-20-26-33(35(42)44-4-2)39-36(43)38-29-21-16-13-10-11-14-17-23-30-40-31-24-18-25-32-40;/h18,24-25,31-33H,3-17,19-23,26-30H2,1-2H3,(H2-,37,38,39,41,43);1H/t33-;/m0./s1. The Balaban J connectivity index is 0.0000194. The highest BCUT2D eigenvalue weighted by molar-refractivity contribution is 5.83. The second-order valence-corrected chi connectivity index (χ2v) is 12.1. The highest BCUT2D eigenvalue weighted by Gasteiger charge is 2.21. The number of aryl methyl sites for hydroxylation is 1. The summed E-state index contributed by atoms with van der Waals surface area (Å²) in [6.45, 7) is 6.56. The van der Waals surface area contributed by atoms with Crippen molar-refractivity contribution >= 4 is 17.9 Å². The first-order valence-electron chi connectivity index (χ1n) is 18.0. The summed E-state index contributed by atoms with van der Waals surface area (Å²) >= 11 is 0. The molecule has 0 aliphatic carbocycles. The molecule has 1 aromatic rings. The summed E-state index contributed by atoms with van der Waals surface area (Å²) in [7, 11) is 0. The maximum Gasteiger partial charge on any atom is 0.328 e. The summed E-state index contributed by atoms with van der Waals surface area (Å²) in [4.78, 5) is 36.9. The van der Waals surface area contributed by atoms with Crippen LogP contribution in [0, 0.1) is 0 Å². The average molecular weight is 698 g/mol. The predicted octanol–water partition coefficient (Wildman–Crippen LogP) is 4.54. The molecule has 9 heteroatoms. The molecule has 45 heavy (non-hydrogen) atoms. The number of urea groups is 1. The molecule has 0 aliphatic rings. The van der Waals surface area contributed by atoms with E-state index in [-0.39, 0.29) is 35.5 Å². The number of esters is 1. The topological polar surface area (TPSA) is 100 Å². The van der Waals surface area contributed by atoms with Crippen molar-refractivity contribution < 1.29 is 40.7 Å². The molecule has 260 valence electrons. The van der Waals surface area contributed by atoms with Gasteiger partial charge in [-0.1, -0.05) is 96.5 Å². The fourth-order valence-electron chi connectivity index (χ4n) is 5.35. The Labute approximate surface area is 285 Å². The van der Waals surface area contributed by atoms with Crippen LogP contribution in [0.2, 0.25) is 0 Å². The molecular formula is C36H65BrN4O4. The molecule has 0 spiro atoms. The van der Waals surface area contributed by atoms with Crippen LogP contribution in [-0.4, -0.2) is 43.6 Å². The SMILES string of the molecule is CCCCCCCCCCCC(=O)NCCCC[C@H](NC(=O)NCCCCCCCCCC[n+]1ccccc1)C(=O)OCC.[Br-]. The summed E-state index contributed by atoms with van der Waals surface area (Å²) in [5.41, 5.74) is 0. The van der Waals surface area contributed by atoms with Crippen molar-refractivity contribution in [3.63, 3.8) is 0 Å². The van der Waals surface area contributed by atoms with Crippen LogP contribution in [0.3, 0.4) is 0 Å². The third-order valence-electron chi connectivity index (χ3n) is 8.03. The van der Waals surface area contributed by atoms with Crippen molar-refractivity contribution in [1.82, 2.24) is 16.0 Å². The zero-order valence-corrected chi connectivity index (χ0v) is 30.2. The normalized spacial score (nSPS) is 11.3. The van der Waals surface area contributed by atoms with E-state index in [4.69, 9.17) is 4.74 Å². The number of amides is 3. The Hall–Kier alpha value is -2.16. The van der Waals surface area contributed by atoms with E-state index >= 15 is 0 Å². The molecule has 0 aromatic carbocycles. The Bertz CT molecular complexity index is 844. The van der Waals surface area contributed by atoms with Gasteiger partial charge in [0.2, 0.25) is 5.91 Å². The Morgan fingerprint density at radius 3 is 1.80 bits per heavy atom. The van der Waals surface area contributed by atoms with E-state index in [9.17, 15) is 14.4 Å². The van der Waals surface area contributed by atoms with Crippen LogP contribution in [0.4, 0.5) is 4.79 Å². The van der Waals surface area contributed by atoms with Gasteiger partial charge >= 0.3 is 12.0 Å². The average Bonchev–Trinajstić information content (AvgIpc) is 3.02. The first-order valence-corrected chi connectivity index (χ1v) is 18.0. The molecule has 0 saturated carbocycles. The van der Waals surface area contributed by atoms with E-state index in [1.165, 1.54) is 83.5 Å². The van der Waals surface area contributed by atoms with Crippen molar-refractivity contribution in [1.29, 1.82) is 0 Å². The lowest BCUT2D eigenvalue weighted by Crippen LogP contribution is -3.00. The number of carbonyl (C=O) groups excluding carboxylic acids is 3. The van der Waals surface area contributed by atoms with E-state index in [0.717, 1.165) is 38.6 Å². The minimum atomic E-state index is -0.673. The summed E-state index contributed by atoms with van der Waals surface area (Å²) in [6, 6.07) is 5.19. The van der Waals surface area contributed by atoms with E-state index in [2.05, 4.69) is 52.0 Å². The van der Waals surface area contributed by atoms with Crippen LogP contribution < -0.4 is 37.5 Å². The molecule has 3 N–H and O–H groups in total. The molecule has 8 nitrogen and oxygen atoms in total. The maximum atomic E-state index is 12.4. The van der Waals surface area contributed by atoms with Crippen molar-refractivity contribution in [3.05, 3.63) is 30.6 Å². The lowest BCUT2D eigenvalue weighted by Gasteiger charge is -2.18. The first kappa shape index (κ1) is 42.8. The van der Waals surface area contributed by atoms with Gasteiger partial charge in [-0.2, -0.15) is 0 Å². The second-order valence-electron chi connectivity index (χ2n) is 12.1. The summed E-state index contributed by atoms with van der Waals surface area (Å²) < 4.78 is 7.41. The number of rotatable bonds is 29. The van der Waals surface area contributed by atoms with Crippen LogP contribution in [0.1, 0.15) is 149 Å². The van der Waals surface area contributed by atoms with Crippen LogP contribution in [-0.2, 0) is 20.9 Å². The van der Waals surface area contributed by atoms with Gasteiger partial charge in [-0.3, -0.25) is 4.79 Å². The van der Waals surface area contributed by atoms with Gasteiger partial charge in [-0.15, -0.1) is 0 Å². The van der Waals surface area contributed by atoms with E-state index in [0.29, 0.717) is 32.4 Å². The number of carbonyl (C=O) groups is 3. The third-order valence-corrected chi connectivity index (χ3v) is 8.03. The quantitative estimate of drug-likeness (QED) is 0.0651. The van der Waals surface area contributed by atoms with Gasteiger partial charge in [0.1, 0.15) is 12.6 Å². The Kier molecular flexibility index (Phi) is 30.3. The van der Waals surface area contributed by atoms with Crippen LogP contribution in [0.15, 0.2) is 30.6 Å². The molecule has 0 bridgehead atoms. The van der Waals surface area contributed by atoms with Gasteiger partial charge in [-0.25, -0.2) is 14.2 Å². The summed E-state index contributed by atoms with van der Waals surface area (Å²) in [5, 5.41) is 8.66. The fourth-order valence-corrected chi connectivity index (χ4v) is 5.35. The predicted molar refractivity (Wildman–Crippen MR) is 179 cm³/mol. The van der Waals surface area contributed by atoms with E-state index in [1.807, 2.05) is 6.07 Å². The van der Waals surface area contributed by atoms with E-state index in [1.54, 1.807) is 6.92 Å². The lowest BCUT2D eigenvalue weighted by atomic mass is 10.1. The number of hydrogen-bond donors (Lipinski definition) is 3. The van der Waals surface area contributed by atoms with Gasteiger partial charge < -0.3 is 37.7 Å². The van der Waals surface area contributed by atoms with Crippen molar-refractivity contribution in [3.8, 4) is 0 Å². The van der Waals surface area contributed by atoms with Gasteiger partial charge in [-0.05, 0) is 45.4 Å². The van der Waals surface area contributed by atoms with Crippen molar-refractivity contribution in [2.24, 2.45) is 0 Å². The zero-order valence-electron chi connectivity index (χ0n) is 28.6. The number of nitrogens with one attached hydrogen (secondary N) is 3. The molecule has 0 saturated heterocycles. The second kappa shape index (κ2) is 31.8. The van der Waals surface area contributed by atoms with Gasteiger partial charge in [0.05, 0.1) is 6.61 Å². The molecule has 3 amide bonds. The highest BCUT2D eigenvalue weighted by atomic mass is 79.9. The first-order chi connectivity index (χ1) is 21.6. The number of halogens is 1. The molecule has 0 fully saturated rings. The number of pyridine rings is 1. The number of hydrogen-bond acceptors (Lipinski definition) is 4. The minimum Gasteiger partial charge on any atom is -1.00 e. The molecule has 0 aliphatic heterocycles. The molecule has 1 atom stereocenters. The minimum absolute atomic E-state index is 0. The Morgan fingerprint density at radius 1 is 0.644 bits per heavy atom.